The minimum Gasteiger partial charge on any atom is -0.465 e. The Morgan fingerprint density at radius 1 is 1.83 bits per heavy atom. The highest BCUT2D eigenvalue weighted by atomic mass is 16.4. The zero-order chi connectivity index (χ0) is 9.19. The third-order valence-electron chi connectivity index (χ3n) is 2.75. The molecular weight excluding hydrogens is 154 g/mol. The number of hydrogen-bond acceptors (Lipinski definition) is 1. The van der Waals surface area contributed by atoms with E-state index in [2.05, 4.69) is 6.58 Å². The van der Waals surface area contributed by atoms with Crippen molar-refractivity contribution in [2.45, 2.75) is 31.7 Å². The number of amides is 1. The Labute approximate surface area is 72.7 Å². The average Bonchev–Trinajstić information content (AvgIpc) is 2.48. The van der Waals surface area contributed by atoms with Crippen molar-refractivity contribution in [2.75, 3.05) is 6.54 Å². The van der Waals surface area contributed by atoms with Crippen LogP contribution in [0.1, 0.15) is 26.2 Å². The van der Waals surface area contributed by atoms with E-state index < -0.39 is 6.09 Å². The van der Waals surface area contributed by atoms with Crippen molar-refractivity contribution in [3.05, 3.63) is 12.7 Å². The molecule has 0 aromatic heterocycles. The molecule has 0 aromatic carbocycles. The fourth-order valence-electron chi connectivity index (χ4n) is 1.91. The molecule has 1 atom stereocenters. The summed E-state index contributed by atoms with van der Waals surface area (Å²) in [6, 6.07) is 0. The number of nitrogens with zero attached hydrogens (tertiary/aromatic N) is 1. The number of hydrogen-bond donors (Lipinski definition) is 1. The van der Waals surface area contributed by atoms with Crippen molar-refractivity contribution >= 4 is 6.09 Å². The lowest BCUT2D eigenvalue weighted by Gasteiger charge is -2.32. The first-order chi connectivity index (χ1) is 5.66. The molecule has 0 aliphatic carbocycles. The zero-order valence-electron chi connectivity index (χ0n) is 7.42. The molecule has 1 amide bonds. The van der Waals surface area contributed by atoms with Crippen LogP contribution in [0.25, 0.3) is 0 Å². The first-order valence-corrected chi connectivity index (χ1v) is 4.30. The van der Waals surface area contributed by atoms with Gasteiger partial charge in [0.25, 0.3) is 0 Å². The maximum absolute atomic E-state index is 10.8. The van der Waals surface area contributed by atoms with Crippen molar-refractivity contribution in [1.29, 1.82) is 0 Å². The van der Waals surface area contributed by atoms with E-state index >= 15 is 0 Å². The zero-order valence-corrected chi connectivity index (χ0v) is 7.42. The second-order valence-electron chi connectivity index (χ2n) is 3.20. The van der Waals surface area contributed by atoms with Crippen LogP contribution in [-0.4, -0.2) is 28.2 Å². The van der Waals surface area contributed by atoms with Crippen LogP contribution in [0.4, 0.5) is 4.79 Å². The van der Waals surface area contributed by atoms with Crippen LogP contribution in [0.3, 0.4) is 0 Å². The molecule has 1 saturated heterocycles. The standard InChI is InChI=1S/C9H15NO2/c1-3-9(4-2)6-5-7-10(9)8(11)12/h3H,1,4-7H2,2H3,(H,11,12). The Balaban J connectivity index is 2.86. The lowest BCUT2D eigenvalue weighted by atomic mass is 9.93. The summed E-state index contributed by atoms with van der Waals surface area (Å²) >= 11 is 0. The number of carboxylic acid groups (broad SMARTS) is 1. The highest BCUT2D eigenvalue weighted by Gasteiger charge is 2.39. The highest BCUT2D eigenvalue weighted by molar-refractivity contribution is 5.67. The maximum atomic E-state index is 10.8. The molecule has 1 N–H and O–H groups in total. The fraction of sp³-hybridized carbons (Fsp3) is 0.667. The van der Waals surface area contributed by atoms with Crippen molar-refractivity contribution in [3.8, 4) is 0 Å². The molecular formula is C9H15NO2. The Kier molecular flexibility index (Phi) is 2.40. The molecule has 0 bridgehead atoms. The van der Waals surface area contributed by atoms with Gasteiger partial charge in [-0.05, 0) is 19.3 Å². The quantitative estimate of drug-likeness (QED) is 0.643. The fourth-order valence-corrected chi connectivity index (χ4v) is 1.91. The number of likely N-dealkylation sites (tertiary alicyclic amines) is 1. The van der Waals surface area contributed by atoms with Gasteiger partial charge in [-0.2, -0.15) is 0 Å². The van der Waals surface area contributed by atoms with Gasteiger partial charge in [-0.15, -0.1) is 6.58 Å². The van der Waals surface area contributed by atoms with Gasteiger partial charge in [0.1, 0.15) is 0 Å². The van der Waals surface area contributed by atoms with Gasteiger partial charge in [-0.25, -0.2) is 4.79 Å². The van der Waals surface area contributed by atoms with Gasteiger partial charge in [-0.3, -0.25) is 4.90 Å². The third-order valence-corrected chi connectivity index (χ3v) is 2.75. The van der Waals surface area contributed by atoms with Crippen LogP contribution in [0, 0.1) is 0 Å². The van der Waals surface area contributed by atoms with E-state index in [-0.39, 0.29) is 5.54 Å². The van der Waals surface area contributed by atoms with Crippen LogP contribution < -0.4 is 0 Å². The molecule has 3 nitrogen and oxygen atoms in total. The van der Waals surface area contributed by atoms with Gasteiger partial charge >= 0.3 is 6.09 Å². The first kappa shape index (κ1) is 9.10. The molecule has 1 heterocycles. The molecule has 1 fully saturated rings. The molecule has 68 valence electrons. The van der Waals surface area contributed by atoms with Crippen LogP contribution in [0.5, 0.6) is 0 Å². The minimum absolute atomic E-state index is 0.286. The Hall–Kier alpha value is -0.990. The largest absolute Gasteiger partial charge is 0.465 e. The van der Waals surface area contributed by atoms with Gasteiger partial charge in [0, 0.05) is 6.54 Å². The van der Waals surface area contributed by atoms with Crippen LogP contribution in [0.2, 0.25) is 0 Å². The summed E-state index contributed by atoms with van der Waals surface area (Å²) in [7, 11) is 0. The predicted molar refractivity (Wildman–Crippen MR) is 47.2 cm³/mol. The molecule has 0 aromatic rings. The molecule has 1 aliphatic heterocycles. The summed E-state index contributed by atoms with van der Waals surface area (Å²) in [6.45, 7) is 6.36. The summed E-state index contributed by atoms with van der Waals surface area (Å²) < 4.78 is 0. The van der Waals surface area contributed by atoms with E-state index in [1.807, 2.05) is 6.92 Å². The second-order valence-corrected chi connectivity index (χ2v) is 3.20. The van der Waals surface area contributed by atoms with Crippen LogP contribution in [0.15, 0.2) is 12.7 Å². The van der Waals surface area contributed by atoms with Crippen molar-refractivity contribution in [2.24, 2.45) is 0 Å². The maximum Gasteiger partial charge on any atom is 0.408 e. The van der Waals surface area contributed by atoms with E-state index in [4.69, 9.17) is 5.11 Å². The summed E-state index contributed by atoms with van der Waals surface area (Å²) in [5.41, 5.74) is -0.286. The molecule has 0 radical (unpaired) electrons. The molecule has 3 heteroatoms. The average molecular weight is 169 g/mol. The summed E-state index contributed by atoms with van der Waals surface area (Å²) in [6.07, 6.45) is 3.64. The van der Waals surface area contributed by atoms with Gasteiger partial charge in [0.15, 0.2) is 0 Å². The van der Waals surface area contributed by atoms with E-state index in [0.29, 0.717) is 6.54 Å². The topological polar surface area (TPSA) is 40.5 Å². The van der Waals surface area contributed by atoms with E-state index in [1.54, 1.807) is 6.08 Å². The van der Waals surface area contributed by atoms with Gasteiger partial charge < -0.3 is 5.11 Å². The van der Waals surface area contributed by atoms with Crippen molar-refractivity contribution in [1.82, 2.24) is 4.90 Å². The van der Waals surface area contributed by atoms with Gasteiger partial charge in [0.05, 0.1) is 5.54 Å². The minimum atomic E-state index is -0.825. The molecule has 1 rings (SSSR count). The Bertz CT molecular complexity index is 203. The Morgan fingerprint density at radius 3 is 2.83 bits per heavy atom. The molecule has 1 unspecified atom stereocenters. The molecule has 0 saturated carbocycles. The smallest absolute Gasteiger partial charge is 0.408 e. The third kappa shape index (κ3) is 1.19. The normalized spacial score (nSPS) is 28.9. The second kappa shape index (κ2) is 3.17. The number of carbonyl (C=O) groups is 1. The SMILES string of the molecule is C=CC1(CC)CCCN1C(=O)O. The van der Waals surface area contributed by atoms with E-state index in [0.717, 1.165) is 19.3 Å². The molecule has 0 spiro atoms. The van der Waals surface area contributed by atoms with Crippen molar-refractivity contribution < 1.29 is 9.90 Å². The molecule has 1 aliphatic rings. The van der Waals surface area contributed by atoms with Gasteiger partial charge in [-0.1, -0.05) is 13.0 Å². The predicted octanol–water partition coefficient (Wildman–Crippen LogP) is 2.09. The number of rotatable bonds is 2. The highest BCUT2D eigenvalue weighted by Crippen LogP contribution is 2.33. The van der Waals surface area contributed by atoms with E-state index in [9.17, 15) is 4.79 Å². The van der Waals surface area contributed by atoms with E-state index in [1.165, 1.54) is 4.90 Å². The first-order valence-electron chi connectivity index (χ1n) is 4.30. The lowest BCUT2D eigenvalue weighted by molar-refractivity contribution is 0.119. The monoisotopic (exact) mass is 169 g/mol. The van der Waals surface area contributed by atoms with Gasteiger partial charge in [0.2, 0.25) is 0 Å². The van der Waals surface area contributed by atoms with Crippen LogP contribution in [-0.2, 0) is 0 Å². The lowest BCUT2D eigenvalue weighted by Crippen LogP contribution is -2.44. The Morgan fingerprint density at radius 2 is 2.50 bits per heavy atom. The summed E-state index contributed by atoms with van der Waals surface area (Å²) in [5, 5.41) is 8.89. The van der Waals surface area contributed by atoms with Crippen LogP contribution >= 0.6 is 0 Å². The summed E-state index contributed by atoms with van der Waals surface area (Å²) in [4.78, 5) is 12.3. The summed E-state index contributed by atoms with van der Waals surface area (Å²) in [5.74, 6) is 0. The van der Waals surface area contributed by atoms with Crippen molar-refractivity contribution in [3.63, 3.8) is 0 Å². The molecule has 12 heavy (non-hydrogen) atoms.